The van der Waals surface area contributed by atoms with E-state index in [4.69, 9.17) is 0 Å². The first kappa shape index (κ1) is 20.5. The number of nitrogens with one attached hydrogen (secondary N) is 1. The SMILES string of the molecule is Cc1ccc(S(=O)(=O)N2CCC(C(=O)NCCCn3ccnc3)CC2)cc1C. The third-order valence-corrected chi connectivity index (χ3v) is 7.29. The Kier molecular flexibility index (Phi) is 6.51. The van der Waals surface area contributed by atoms with E-state index in [1.54, 1.807) is 24.7 Å². The van der Waals surface area contributed by atoms with Crippen LogP contribution in [0, 0.1) is 19.8 Å². The largest absolute Gasteiger partial charge is 0.356 e. The van der Waals surface area contributed by atoms with Crippen molar-refractivity contribution in [3.63, 3.8) is 0 Å². The predicted molar refractivity (Wildman–Crippen MR) is 107 cm³/mol. The summed E-state index contributed by atoms with van der Waals surface area (Å²) in [4.78, 5) is 16.7. The molecule has 0 spiro atoms. The zero-order valence-electron chi connectivity index (χ0n) is 16.5. The molecule has 2 aromatic rings. The fourth-order valence-electron chi connectivity index (χ4n) is 3.42. The molecule has 0 bridgehead atoms. The molecule has 1 amide bonds. The maximum atomic E-state index is 12.9. The van der Waals surface area contributed by atoms with Crippen LogP contribution in [-0.2, 0) is 21.4 Å². The van der Waals surface area contributed by atoms with Gasteiger partial charge in [0.05, 0.1) is 11.2 Å². The molecule has 1 aliphatic rings. The summed E-state index contributed by atoms with van der Waals surface area (Å²) in [5.74, 6) is -0.103. The second-order valence-corrected chi connectivity index (χ2v) is 9.31. The number of sulfonamides is 1. The van der Waals surface area contributed by atoms with Gasteiger partial charge in [0, 0.05) is 44.5 Å². The van der Waals surface area contributed by atoms with Crippen LogP contribution in [0.15, 0.2) is 41.8 Å². The fraction of sp³-hybridized carbons (Fsp3) is 0.500. The number of carbonyl (C=O) groups excluding carboxylic acids is 1. The van der Waals surface area contributed by atoms with Gasteiger partial charge in [-0.1, -0.05) is 6.07 Å². The van der Waals surface area contributed by atoms with Crippen LogP contribution in [0.5, 0.6) is 0 Å². The number of hydrogen-bond donors (Lipinski definition) is 1. The lowest BCUT2D eigenvalue weighted by Gasteiger charge is -2.30. The summed E-state index contributed by atoms with van der Waals surface area (Å²) in [7, 11) is -3.50. The summed E-state index contributed by atoms with van der Waals surface area (Å²) in [6.07, 6.45) is 7.33. The first-order valence-corrected chi connectivity index (χ1v) is 11.1. The number of piperidine rings is 1. The van der Waals surface area contributed by atoms with Crippen molar-refractivity contribution >= 4 is 15.9 Å². The summed E-state index contributed by atoms with van der Waals surface area (Å²) < 4.78 is 29.2. The molecule has 0 saturated carbocycles. The topological polar surface area (TPSA) is 84.3 Å². The number of amides is 1. The van der Waals surface area contributed by atoms with E-state index in [0.29, 0.717) is 37.4 Å². The molecule has 28 heavy (non-hydrogen) atoms. The van der Waals surface area contributed by atoms with E-state index < -0.39 is 10.0 Å². The molecule has 3 rings (SSSR count). The van der Waals surface area contributed by atoms with Crippen LogP contribution in [0.1, 0.15) is 30.4 Å². The van der Waals surface area contributed by atoms with Crippen molar-refractivity contribution in [3.8, 4) is 0 Å². The third-order valence-electron chi connectivity index (χ3n) is 5.39. The monoisotopic (exact) mass is 404 g/mol. The second kappa shape index (κ2) is 8.87. The van der Waals surface area contributed by atoms with Crippen molar-refractivity contribution in [1.82, 2.24) is 19.2 Å². The van der Waals surface area contributed by atoms with Gasteiger partial charge in [-0.15, -0.1) is 0 Å². The molecule has 7 nitrogen and oxygen atoms in total. The van der Waals surface area contributed by atoms with Gasteiger partial charge >= 0.3 is 0 Å². The van der Waals surface area contributed by atoms with Gasteiger partial charge in [-0.3, -0.25) is 4.79 Å². The Labute approximate surface area is 166 Å². The highest BCUT2D eigenvalue weighted by atomic mass is 32.2. The van der Waals surface area contributed by atoms with Gasteiger partial charge in [-0.05, 0) is 56.4 Å². The summed E-state index contributed by atoms with van der Waals surface area (Å²) in [6, 6.07) is 5.23. The van der Waals surface area contributed by atoms with E-state index in [2.05, 4.69) is 10.3 Å². The Morgan fingerprint density at radius 3 is 2.61 bits per heavy atom. The first-order valence-electron chi connectivity index (χ1n) is 9.69. The van der Waals surface area contributed by atoms with Crippen LogP contribution in [0.4, 0.5) is 0 Å². The summed E-state index contributed by atoms with van der Waals surface area (Å²) in [5.41, 5.74) is 2.04. The Morgan fingerprint density at radius 1 is 1.21 bits per heavy atom. The quantitative estimate of drug-likeness (QED) is 0.717. The number of carbonyl (C=O) groups is 1. The average molecular weight is 405 g/mol. The van der Waals surface area contributed by atoms with E-state index in [-0.39, 0.29) is 11.8 Å². The first-order chi connectivity index (χ1) is 13.4. The normalized spacial score (nSPS) is 16.2. The lowest BCUT2D eigenvalue weighted by Crippen LogP contribution is -2.43. The van der Waals surface area contributed by atoms with Gasteiger partial charge in [-0.25, -0.2) is 13.4 Å². The van der Waals surface area contributed by atoms with E-state index >= 15 is 0 Å². The van der Waals surface area contributed by atoms with Crippen molar-refractivity contribution in [3.05, 3.63) is 48.0 Å². The van der Waals surface area contributed by atoms with Crippen LogP contribution in [0.25, 0.3) is 0 Å². The molecule has 152 valence electrons. The molecular weight excluding hydrogens is 376 g/mol. The molecule has 8 heteroatoms. The van der Waals surface area contributed by atoms with Crippen molar-refractivity contribution in [2.75, 3.05) is 19.6 Å². The fourth-order valence-corrected chi connectivity index (χ4v) is 4.97. The van der Waals surface area contributed by atoms with Crippen LogP contribution < -0.4 is 5.32 Å². The van der Waals surface area contributed by atoms with E-state index in [1.807, 2.05) is 30.7 Å². The molecule has 1 aromatic heterocycles. The van der Waals surface area contributed by atoms with Gasteiger partial charge in [0.15, 0.2) is 0 Å². The van der Waals surface area contributed by atoms with Gasteiger partial charge < -0.3 is 9.88 Å². The lowest BCUT2D eigenvalue weighted by atomic mass is 9.97. The number of benzene rings is 1. The Balaban J connectivity index is 1.47. The van der Waals surface area contributed by atoms with Gasteiger partial charge in [0.25, 0.3) is 0 Å². The van der Waals surface area contributed by atoms with Crippen LogP contribution in [-0.4, -0.2) is 47.8 Å². The van der Waals surface area contributed by atoms with Crippen molar-refractivity contribution in [1.29, 1.82) is 0 Å². The van der Waals surface area contributed by atoms with E-state index in [1.165, 1.54) is 4.31 Å². The van der Waals surface area contributed by atoms with Crippen LogP contribution >= 0.6 is 0 Å². The molecule has 1 N–H and O–H groups in total. The van der Waals surface area contributed by atoms with Crippen molar-refractivity contribution in [2.24, 2.45) is 5.92 Å². The smallest absolute Gasteiger partial charge is 0.243 e. The Bertz CT molecular complexity index is 902. The molecule has 0 atom stereocenters. The average Bonchev–Trinajstić information content (AvgIpc) is 3.20. The molecule has 1 saturated heterocycles. The minimum Gasteiger partial charge on any atom is -0.356 e. The predicted octanol–water partition coefficient (Wildman–Crippen LogP) is 2.11. The minimum atomic E-state index is -3.50. The molecule has 1 aliphatic heterocycles. The van der Waals surface area contributed by atoms with Crippen molar-refractivity contribution < 1.29 is 13.2 Å². The molecule has 2 heterocycles. The summed E-state index contributed by atoms with van der Waals surface area (Å²) in [5, 5.41) is 2.97. The zero-order chi connectivity index (χ0) is 20.1. The number of nitrogens with zero attached hydrogens (tertiary/aromatic N) is 3. The second-order valence-electron chi connectivity index (χ2n) is 7.37. The lowest BCUT2D eigenvalue weighted by molar-refractivity contribution is -0.126. The summed E-state index contributed by atoms with van der Waals surface area (Å²) >= 11 is 0. The standard InChI is InChI=1S/C20H28N4O3S/c1-16-4-5-19(14-17(16)2)28(26,27)24-11-6-18(7-12-24)20(25)22-8-3-10-23-13-9-21-15-23/h4-5,9,13-15,18H,3,6-8,10-12H2,1-2H3,(H,22,25). The summed E-state index contributed by atoms with van der Waals surface area (Å²) in [6.45, 7) is 6.05. The number of aryl methyl sites for hydroxylation is 3. The molecule has 1 aromatic carbocycles. The molecule has 1 fully saturated rings. The highest BCUT2D eigenvalue weighted by Gasteiger charge is 2.32. The van der Waals surface area contributed by atoms with Crippen LogP contribution in [0.3, 0.4) is 0 Å². The van der Waals surface area contributed by atoms with Gasteiger partial charge in [0.2, 0.25) is 15.9 Å². The molecule has 0 unspecified atom stereocenters. The van der Waals surface area contributed by atoms with Gasteiger partial charge in [-0.2, -0.15) is 4.31 Å². The van der Waals surface area contributed by atoms with E-state index in [9.17, 15) is 13.2 Å². The molecule has 0 aliphatic carbocycles. The maximum Gasteiger partial charge on any atom is 0.243 e. The maximum absolute atomic E-state index is 12.9. The highest BCUT2D eigenvalue weighted by molar-refractivity contribution is 7.89. The number of imidazole rings is 1. The zero-order valence-corrected chi connectivity index (χ0v) is 17.3. The minimum absolute atomic E-state index is 0.0221. The number of aromatic nitrogens is 2. The third kappa shape index (κ3) is 4.80. The highest BCUT2D eigenvalue weighted by Crippen LogP contribution is 2.25. The number of rotatable bonds is 7. The van der Waals surface area contributed by atoms with Gasteiger partial charge in [0.1, 0.15) is 0 Å². The van der Waals surface area contributed by atoms with Crippen molar-refractivity contribution in [2.45, 2.75) is 44.6 Å². The molecular formula is C20H28N4O3S. The number of hydrogen-bond acceptors (Lipinski definition) is 4. The Hall–Kier alpha value is -2.19. The Morgan fingerprint density at radius 2 is 1.96 bits per heavy atom. The molecule has 0 radical (unpaired) electrons. The van der Waals surface area contributed by atoms with E-state index in [0.717, 1.165) is 24.1 Å². The van der Waals surface area contributed by atoms with Crippen LogP contribution in [0.2, 0.25) is 0 Å².